The second-order valence-electron chi connectivity index (χ2n) is 7.47. The number of pyridine rings is 1. The van der Waals surface area contributed by atoms with Gasteiger partial charge in [0.25, 0.3) is 5.91 Å². The van der Waals surface area contributed by atoms with E-state index >= 15 is 0 Å². The number of anilines is 1. The van der Waals surface area contributed by atoms with Crippen molar-refractivity contribution in [2.45, 2.75) is 25.8 Å². The molecule has 0 unspecified atom stereocenters. The van der Waals surface area contributed by atoms with E-state index in [-0.39, 0.29) is 32.6 Å². The predicted octanol–water partition coefficient (Wildman–Crippen LogP) is 6.14. The van der Waals surface area contributed by atoms with Gasteiger partial charge >= 0.3 is 6.18 Å². The first-order valence-electron chi connectivity index (χ1n) is 8.75. The molecule has 1 aromatic carbocycles. The summed E-state index contributed by atoms with van der Waals surface area (Å²) in [5, 5.41) is 2.79. The molecule has 0 spiro atoms. The highest BCUT2D eigenvalue weighted by Gasteiger charge is 2.38. The Hall–Kier alpha value is -2.47. The molecule has 4 nitrogen and oxygen atoms in total. The Bertz CT molecular complexity index is 1180. The summed E-state index contributed by atoms with van der Waals surface area (Å²) in [6.45, 7) is 5.78. The second kappa shape index (κ2) is 7.98. The van der Waals surface area contributed by atoms with E-state index in [9.17, 15) is 18.0 Å². The Morgan fingerprint density at radius 2 is 1.77 bits per heavy atom. The van der Waals surface area contributed by atoms with Gasteiger partial charge in [0.1, 0.15) is 13.8 Å². The van der Waals surface area contributed by atoms with Crippen molar-refractivity contribution in [2.24, 2.45) is 0 Å². The summed E-state index contributed by atoms with van der Waals surface area (Å²) in [7, 11) is -1.95. The molecule has 10 heteroatoms. The van der Waals surface area contributed by atoms with E-state index in [1.807, 2.05) is 19.6 Å². The summed E-state index contributed by atoms with van der Waals surface area (Å²) in [4.78, 5) is 16.4. The lowest BCUT2D eigenvalue weighted by molar-refractivity contribution is -0.141. The maximum atomic E-state index is 13.6. The molecule has 0 saturated heterocycles. The van der Waals surface area contributed by atoms with E-state index in [1.165, 1.54) is 34.9 Å². The van der Waals surface area contributed by atoms with Crippen LogP contribution in [0.5, 0.6) is 0 Å². The molecule has 3 rings (SSSR count). The first-order valence-corrected chi connectivity index (χ1v) is 13.0. The van der Waals surface area contributed by atoms with E-state index in [2.05, 4.69) is 21.8 Å². The minimum absolute atomic E-state index is 0.0178. The number of imidazole rings is 1. The molecule has 3 aromatic rings. The van der Waals surface area contributed by atoms with Crippen molar-refractivity contribution in [1.29, 1.82) is 0 Å². The van der Waals surface area contributed by atoms with E-state index in [0.717, 1.165) is 0 Å². The lowest BCUT2D eigenvalue weighted by Crippen LogP contribution is -2.17. The van der Waals surface area contributed by atoms with Crippen LogP contribution in [0.2, 0.25) is 29.7 Å². The fourth-order valence-electron chi connectivity index (χ4n) is 2.63. The van der Waals surface area contributed by atoms with Crippen LogP contribution < -0.4 is 5.32 Å². The van der Waals surface area contributed by atoms with Gasteiger partial charge in [0.2, 0.25) is 0 Å². The average Bonchev–Trinajstić information content (AvgIpc) is 2.99. The molecular formula is C20H16Cl2F3N3OSi. The molecule has 2 aromatic heterocycles. The molecule has 2 heterocycles. The van der Waals surface area contributed by atoms with Crippen LogP contribution in [-0.4, -0.2) is 23.4 Å². The Balaban J connectivity index is 2.15. The highest BCUT2D eigenvalue weighted by molar-refractivity contribution is 6.83. The smallest absolute Gasteiger partial charge is 0.319 e. The molecule has 0 radical (unpaired) electrons. The number of aromatic nitrogens is 2. The number of nitrogens with one attached hydrogen (secondary N) is 1. The van der Waals surface area contributed by atoms with Crippen LogP contribution in [0.4, 0.5) is 18.9 Å². The third-order valence-corrected chi connectivity index (χ3v) is 5.42. The molecule has 0 bridgehead atoms. The molecule has 0 fully saturated rings. The lowest BCUT2D eigenvalue weighted by atomic mass is 10.2. The zero-order chi connectivity index (χ0) is 22.3. The number of amides is 1. The van der Waals surface area contributed by atoms with Gasteiger partial charge in [-0.05, 0) is 24.3 Å². The molecule has 30 heavy (non-hydrogen) atoms. The number of carbonyl (C=O) groups is 1. The van der Waals surface area contributed by atoms with Crippen molar-refractivity contribution in [3.63, 3.8) is 0 Å². The van der Waals surface area contributed by atoms with Crippen LogP contribution in [0.3, 0.4) is 0 Å². The van der Waals surface area contributed by atoms with Crippen LogP contribution in [0.25, 0.3) is 5.65 Å². The van der Waals surface area contributed by atoms with Crippen LogP contribution in [0.15, 0.2) is 36.5 Å². The van der Waals surface area contributed by atoms with Crippen molar-refractivity contribution in [1.82, 2.24) is 9.38 Å². The van der Waals surface area contributed by atoms with Gasteiger partial charge in [-0.25, -0.2) is 4.98 Å². The highest BCUT2D eigenvalue weighted by Crippen LogP contribution is 2.33. The van der Waals surface area contributed by atoms with Gasteiger partial charge in [-0.3, -0.25) is 9.20 Å². The molecule has 156 valence electrons. The Morgan fingerprint density at radius 3 is 2.33 bits per heavy atom. The summed E-state index contributed by atoms with van der Waals surface area (Å²) in [5.74, 6) is 1.99. The van der Waals surface area contributed by atoms with Crippen LogP contribution >= 0.6 is 23.2 Å². The minimum atomic E-state index is -4.71. The van der Waals surface area contributed by atoms with Gasteiger partial charge in [0.15, 0.2) is 11.3 Å². The van der Waals surface area contributed by atoms with Gasteiger partial charge in [0, 0.05) is 6.20 Å². The number of nitrogens with zero attached hydrogens (tertiary/aromatic N) is 2. The SMILES string of the molecule is C[Si](C)(C)C#Cc1c(C(F)(F)F)nc2c(NC(=O)c3c(Cl)cccc3Cl)cccn12. The predicted molar refractivity (Wildman–Crippen MR) is 115 cm³/mol. The number of hydrogen-bond donors (Lipinski definition) is 1. The number of rotatable bonds is 2. The van der Waals surface area contributed by atoms with Crippen molar-refractivity contribution in [3.8, 4) is 11.5 Å². The molecule has 0 aliphatic rings. The molecule has 0 atom stereocenters. The molecular weight excluding hydrogens is 454 g/mol. The van der Waals surface area contributed by atoms with E-state index in [1.54, 1.807) is 6.07 Å². The minimum Gasteiger partial charge on any atom is -0.319 e. The van der Waals surface area contributed by atoms with Crippen molar-refractivity contribution < 1.29 is 18.0 Å². The number of halogens is 5. The molecule has 0 aliphatic carbocycles. The van der Waals surface area contributed by atoms with Crippen LogP contribution in [-0.2, 0) is 6.18 Å². The first kappa shape index (κ1) is 22.2. The quantitative estimate of drug-likeness (QED) is 0.361. The number of carbonyl (C=O) groups excluding carboxylic acids is 1. The van der Waals surface area contributed by atoms with Gasteiger partial charge in [0.05, 0.1) is 21.3 Å². The Morgan fingerprint density at radius 1 is 1.13 bits per heavy atom. The zero-order valence-corrected chi connectivity index (χ0v) is 18.7. The van der Waals surface area contributed by atoms with Gasteiger partial charge in [-0.2, -0.15) is 13.2 Å². The fourth-order valence-corrected chi connectivity index (χ4v) is 3.69. The number of hydrogen-bond acceptors (Lipinski definition) is 2. The summed E-state index contributed by atoms with van der Waals surface area (Å²) in [5.41, 5.74) is 1.57. The molecule has 0 aliphatic heterocycles. The zero-order valence-electron chi connectivity index (χ0n) is 16.2. The Labute approximate surface area is 182 Å². The first-order chi connectivity index (χ1) is 13.9. The third kappa shape index (κ3) is 4.64. The number of alkyl halides is 3. The van der Waals surface area contributed by atoms with Crippen molar-refractivity contribution in [2.75, 3.05) is 5.32 Å². The van der Waals surface area contributed by atoms with E-state index in [0.29, 0.717) is 0 Å². The highest BCUT2D eigenvalue weighted by atomic mass is 35.5. The number of benzene rings is 1. The second-order valence-corrected chi connectivity index (χ2v) is 13.0. The summed E-state index contributed by atoms with van der Waals surface area (Å²) in [6, 6.07) is 7.50. The van der Waals surface area contributed by atoms with E-state index in [4.69, 9.17) is 23.2 Å². The van der Waals surface area contributed by atoms with Crippen molar-refractivity contribution >= 4 is 48.5 Å². The standard InChI is InChI=1S/C20H16Cl2F3N3OSi/c1-30(2,3)11-9-15-17(20(23,24)25)27-18-14(8-5-10-28(15)18)26-19(29)16-12(21)6-4-7-13(16)22/h4-8,10H,1-3H3,(H,26,29). The normalized spacial score (nSPS) is 11.9. The maximum absolute atomic E-state index is 13.6. The Kier molecular flexibility index (Phi) is 5.91. The summed E-state index contributed by atoms with van der Waals surface area (Å²) >= 11 is 12.1. The van der Waals surface area contributed by atoms with Crippen LogP contribution in [0.1, 0.15) is 21.7 Å². The average molecular weight is 470 g/mol. The topological polar surface area (TPSA) is 46.4 Å². The van der Waals surface area contributed by atoms with Gasteiger partial charge < -0.3 is 5.32 Å². The molecule has 0 saturated carbocycles. The monoisotopic (exact) mass is 469 g/mol. The molecule has 1 amide bonds. The number of fused-ring (bicyclic) bond motifs is 1. The fraction of sp³-hybridized carbons (Fsp3) is 0.200. The summed E-state index contributed by atoms with van der Waals surface area (Å²) in [6.07, 6.45) is -3.28. The van der Waals surface area contributed by atoms with Gasteiger partial charge in [-0.15, -0.1) is 5.54 Å². The van der Waals surface area contributed by atoms with Crippen molar-refractivity contribution in [3.05, 3.63) is 63.5 Å². The summed E-state index contributed by atoms with van der Waals surface area (Å²) < 4.78 is 42.1. The molecule has 1 N–H and O–H groups in total. The lowest BCUT2D eigenvalue weighted by Gasteiger charge is -2.09. The maximum Gasteiger partial charge on any atom is 0.436 e. The van der Waals surface area contributed by atoms with Gasteiger partial charge in [-0.1, -0.05) is 54.8 Å². The largest absolute Gasteiger partial charge is 0.436 e. The van der Waals surface area contributed by atoms with Crippen LogP contribution in [0, 0.1) is 11.5 Å². The third-order valence-electron chi connectivity index (χ3n) is 3.91. The van der Waals surface area contributed by atoms with E-state index < -0.39 is 25.9 Å².